The van der Waals surface area contributed by atoms with E-state index in [4.69, 9.17) is 0 Å². The molecule has 2 nitrogen and oxygen atoms in total. The van der Waals surface area contributed by atoms with Crippen LogP contribution >= 0.6 is 0 Å². The van der Waals surface area contributed by atoms with E-state index >= 15 is 0 Å². The van der Waals surface area contributed by atoms with E-state index in [1.807, 2.05) is 0 Å². The fraction of sp³-hybridized carbons (Fsp3) is 0.862. The zero-order valence-electron chi connectivity index (χ0n) is 20.7. The first-order valence-electron chi connectivity index (χ1n) is 13.3. The average molecular weight is 427 g/mol. The van der Waals surface area contributed by atoms with Gasteiger partial charge in [-0.1, -0.05) is 44.1 Å². The molecule has 0 amide bonds. The minimum Gasteiger partial charge on any atom is -0.393 e. The van der Waals surface area contributed by atoms with Crippen molar-refractivity contribution in [3.63, 3.8) is 0 Å². The first-order valence-corrected chi connectivity index (χ1v) is 13.3. The molecule has 0 aromatic carbocycles. The number of aliphatic hydroxyl groups excluding tert-OH is 2. The zero-order valence-corrected chi connectivity index (χ0v) is 20.7. The third kappa shape index (κ3) is 3.17. The molecule has 0 bridgehead atoms. The number of fused-ring (bicyclic) bond motifs is 6. The number of aliphatic hydroxyl groups is 2. The molecule has 31 heavy (non-hydrogen) atoms. The van der Waals surface area contributed by atoms with Crippen molar-refractivity contribution in [1.29, 1.82) is 0 Å². The van der Waals surface area contributed by atoms with Crippen molar-refractivity contribution in [3.8, 4) is 0 Å². The van der Waals surface area contributed by atoms with E-state index in [9.17, 15) is 10.2 Å². The molecule has 0 heterocycles. The second kappa shape index (κ2) is 7.45. The monoisotopic (exact) mass is 426 g/mol. The van der Waals surface area contributed by atoms with Crippen molar-refractivity contribution in [3.05, 3.63) is 23.3 Å². The maximum atomic E-state index is 11.7. The highest BCUT2D eigenvalue weighted by Gasteiger charge is 2.67. The number of hydrogen-bond acceptors (Lipinski definition) is 2. The summed E-state index contributed by atoms with van der Waals surface area (Å²) in [6.45, 7) is 11.9. The topological polar surface area (TPSA) is 40.5 Å². The molecule has 5 aliphatic rings. The lowest BCUT2D eigenvalue weighted by Crippen LogP contribution is -2.58. The molecular weight excluding hydrogens is 380 g/mol. The number of allylic oxidation sites excluding steroid dienone is 3. The van der Waals surface area contributed by atoms with Gasteiger partial charge in [0, 0.05) is 5.41 Å². The summed E-state index contributed by atoms with van der Waals surface area (Å²) in [5, 5.41) is 22.5. The molecule has 5 rings (SSSR count). The van der Waals surface area contributed by atoms with Crippen LogP contribution in [0.1, 0.15) is 98.8 Å². The van der Waals surface area contributed by atoms with E-state index in [0.29, 0.717) is 11.8 Å². The minimum atomic E-state index is -0.184. The first-order chi connectivity index (χ1) is 14.6. The summed E-state index contributed by atoms with van der Waals surface area (Å²) in [5.41, 5.74) is 3.45. The summed E-state index contributed by atoms with van der Waals surface area (Å²) in [5.74, 6) is 3.27. The van der Waals surface area contributed by atoms with Crippen molar-refractivity contribution < 1.29 is 10.2 Å². The van der Waals surface area contributed by atoms with E-state index < -0.39 is 0 Å². The smallest absolute Gasteiger partial charge is 0.0634 e. The lowest BCUT2D eigenvalue weighted by atomic mass is 9.44. The zero-order chi connectivity index (χ0) is 22.2. The Morgan fingerprint density at radius 3 is 2.55 bits per heavy atom. The van der Waals surface area contributed by atoms with E-state index in [1.54, 1.807) is 5.57 Å². The van der Waals surface area contributed by atoms with Crippen LogP contribution < -0.4 is 0 Å². The lowest BCUT2D eigenvalue weighted by molar-refractivity contribution is -0.135. The van der Waals surface area contributed by atoms with Gasteiger partial charge in [0.1, 0.15) is 0 Å². The Kier molecular flexibility index (Phi) is 5.34. The second-order valence-corrected chi connectivity index (χ2v) is 13.1. The van der Waals surface area contributed by atoms with E-state index in [1.165, 1.54) is 31.3 Å². The molecule has 0 unspecified atom stereocenters. The van der Waals surface area contributed by atoms with Gasteiger partial charge in [0.05, 0.1) is 12.2 Å². The largest absolute Gasteiger partial charge is 0.393 e. The van der Waals surface area contributed by atoms with Crippen LogP contribution in [0.2, 0.25) is 0 Å². The van der Waals surface area contributed by atoms with Crippen LogP contribution in [0.5, 0.6) is 0 Å². The molecular formula is C29H46O2. The molecule has 0 aliphatic heterocycles. The van der Waals surface area contributed by atoms with Crippen molar-refractivity contribution in [2.24, 2.45) is 45.8 Å². The van der Waals surface area contributed by atoms with Crippen LogP contribution in [-0.4, -0.2) is 22.4 Å². The van der Waals surface area contributed by atoms with Crippen LogP contribution in [0, 0.1) is 45.8 Å². The van der Waals surface area contributed by atoms with Gasteiger partial charge >= 0.3 is 0 Å². The molecule has 0 aromatic rings. The van der Waals surface area contributed by atoms with Gasteiger partial charge in [0.15, 0.2) is 0 Å². The summed E-state index contributed by atoms with van der Waals surface area (Å²) in [6, 6.07) is 0. The second-order valence-electron chi connectivity index (χ2n) is 13.1. The van der Waals surface area contributed by atoms with E-state index in [2.05, 4.69) is 46.8 Å². The molecule has 2 heteroatoms. The highest BCUT2D eigenvalue weighted by atomic mass is 16.3. The summed E-state index contributed by atoms with van der Waals surface area (Å²) in [6.07, 6.45) is 16.3. The molecule has 9 atom stereocenters. The Labute approximate surface area is 190 Å². The van der Waals surface area contributed by atoms with Gasteiger partial charge < -0.3 is 10.2 Å². The standard InChI is InChI=1S/C29H46O2/c1-18(2)7-6-8-19(3)21-10-11-22-20-9-12-24-27(4,14-13-25(31)29(24)15-16-29)26(20)23(30)17-28(21,22)5/h7,12,19-23,25-26,30-31H,6,8-11,13-17H2,1-5H3/t19-,20+,21-,22+,23-,25-,26-,27+,28-/m1/s1. The minimum absolute atomic E-state index is 0.0795. The highest BCUT2D eigenvalue weighted by Crippen LogP contribution is 2.72. The highest BCUT2D eigenvalue weighted by molar-refractivity contribution is 5.37. The maximum Gasteiger partial charge on any atom is 0.0634 e. The molecule has 0 aromatic heterocycles. The predicted molar refractivity (Wildman–Crippen MR) is 127 cm³/mol. The van der Waals surface area contributed by atoms with Crippen molar-refractivity contribution >= 4 is 0 Å². The third-order valence-corrected chi connectivity index (χ3v) is 11.2. The van der Waals surface area contributed by atoms with E-state index in [0.717, 1.165) is 56.3 Å². The molecule has 0 radical (unpaired) electrons. The quantitative estimate of drug-likeness (QED) is 0.493. The van der Waals surface area contributed by atoms with Crippen LogP contribution in [0.25, 0.3) is 0 Å². The Balaban J connectivity index is 1.41. The van der Waals surface area contributed by atoms with Gasteiger partial charge in [-0.05, 0) is 118 Å². The Morgan fingerprint density at radius 2 is 1.87 bits per heavy atom. The van der Waals surface area contributed by atoms with Crippen LogP contribution in [0.15, 0.2) is 23.3 Å². The molecule has 174 valence electrons. The van der Waals surface area contributed by atoms with Gasteiger partial charge in [-0.2, -0.15) is 0 Å². The van der Waals surface area contributed by atoms with Gasteiger partial charge in [-0.25, -0.2) is 0 Å². The summed E-state index contributed by atoms with van der Waals surface area (Å²) >= 11 is 0. The van der Waals surface area contributed by atoms with Crippen molar-refractivity contribution in [2.45, 2.75) is 111 Å². The average Bonchev–Trinajstić information content (AvgIpc) is 3.40. The normalized spacial score (nSPS) is 48.3. The van der Waals surface area contributed by atoms with Gasteiger partial charge in [-0.3, -0.25) is 0 Å². The molecule has 4 fully saturated rings. The van der Waals surface area contributed by atoms with Crippen LogP contribution in [-0.2, 0) is 0 Å². The van der Waals surface area contributed by atoms with Crippen LogP contribution in [0.3, 0.4) is 0 Å². The SMILES string of the molecule is CC(C)=CCC[C@@H](C)[C@H]1CC[C@H]2[C@@H]3CC=C4C5(CC5)[C@H](O)CC[C@]4(C)[C@H]3[C@H](O)C[C@]12C. The van der Waals surface area contributed by atoms with Crippen molar-refractivity contribution in [1.82, 2.24) is 0 Å². The van der Waals surface area contributed by atoms with Gasteiger partial charge in [-0.15, -0.1) is 0 Å². The molecule has 4 saturated carbocycles. The van der Waals surface area contributed by atoms with E-state index in [-0.39, 0.29) is 28.5 Å². The molecule has 1 spiro atoms. The van der Waals surface area contributed by atoms with Gasteiger partial charge in [0.2, 0.25) is 0 Å². The van der Waals surface area contributed by atoms with Gasteiger partial charge in [0.25, 0.3) is 0 Å². The first kappa shape index (κ1) is 22.2. The number of rotatable bonds is 4. The molecule has 0 saturated heterocycles. The lowest BCUT2D eigenvalue weighted by Gasteiger charge is -2.61. The molecule has 2 N–H and O–H groups in total. The predicted octanol–water partition coefficient (Wildman–Crippen LogP) is 6.67. The van der Waals surface area contributed by atoms with Crippen molar-refractivity contribution in [2.75, 3.05) is 0 Å². The Bertz CT molecular complexity index is 772. The molecule has 5 aliphatic carbocycles. The Morgan fingerprint density at radius 1 is 1.13 bits per heavy atom. The number of hydrogen-bond donors (Lipinski definition) is 2. The van der Waals surface area contributed by atoms with Crippen LogP contribution in [0.4, 0.5) is 0 Å². The fourth-order valence-electron chi connectivity index (χ4n) is 9.76. The fourth-order valence-corrected chi connectivity index (χ4v) is 9.76. The third-order valence-electron chi connectivity index (χ3n) is 11.2. The summed E-state index contributed by atoms with van der Waals surface area (Å²) in [7, 11) is 0. The summed E-state index contributed by atoms with van der Waals surface area (Å²) in [4.78, 5) is 0. The summed E-state index contributed by atoms with van der Waals surface area (Å²) < 4.78 is 0. The maximum absolute atomic E-state index is 11.7. The Hall–Kier alpha value is -0.600.